The molecule has 0 spiro atoms. The number of hydrogen-bond donors (Lipinski definition) is 2. The highest BCUT2D eigenvalue weighted by molar-refractivity contribution is 5.91. The summed E-state index contributed by atoms with van der Waals surface area (Å²) in [5, 5.41) is 0. The van der Waals surface area contributed by atoms with Crippen molar-refractivity contribution in [3.05, 3.63) is 72.6 Å². The number of rotatable bonds is 6. The highest BCUT2D eigenvalue weighted by Gasteiger charge is 2.23. The quantitative estimate of drug-likeness (QED) is 0.537. The van der Waals surface area contributed by atoms with Crippen molar-refractivity contribution in [2.75, 3.05) is 0 Å². The Morgan fingerprint density at radius 3 is 1.54 bits per heavy atom. The third kappa shape index (κ3) is 3.46. The second-order valence-electron chi connectivity index (χ2n) is 6.67. The van der Waals surface area contributed by atoms with Gasteiger partial charge in [0.25, 0.3) is 0 Å². The molecule has 0 aliphatic carbocycles. The summed E-state index contributed by atoms with van der Waals surface area (Å²) in [6.07, 6.45) is 10.4. The number of aromatic amines is 2. The first-order chi connectivity index (χ1) is 13.6. The lowest BCUT2D eigenvalue weighted by Crippen LogP contribution is -2.17. The largest absolute Gasteiger partial charge is 0.343 e. The van der Waals surface area contributed by atoms with Crippen molar-refractivity contribution in [1.82, 2.24) is 29.9 Å². The first kappa shape index (κ1) is 17.8. The van der Waals surface area contributed by atoms with Gasteiger partial charge in [0.1, 0.15) is 17.2 Å². The second kappa shape index (κ2) is 7.56. The van der Waals surface area contributed by atoms with Crippen LogP contribution in [-0.2, 0) is 4.79 Å². The average molecular weight is 372 g/mol. The van der Waals surface area contributed by atoms with E-state index in [4.69, 9.17) is 0 Å². The number of nitrogens with one attached hydrogen (secondary N) is 2. The van der Waals surface area contributed by atoms with Gasteiger partial charge in [-0.25, -0.2) is 9.97 Å². The number of aromatic nitrogens is 6. The fourth-order valence-electron chi connectivity index (χ4n) is 3.12. The lowest BCUT2D eigenvalue weighted by molar-refractivity contribution is -0.121. The Morgan fingerprint density at radius 2 is 1.21 bits per heavy atom. The summed E-state index contributed by atoms with van der Waals surface area (Å²) in [6, 6.07) is 7.61. The molecule has 2 atom stereocenters. The molecule has 0 saturated carbocycles. The molecule has 7 heteroatoms. The van der Waals surface area contributed by atoms with Crippen LogP contribution in [0.1, 0.15) is 36.8 Å². The van der Waals surface area contributed by atoms with Crippen molar-refractivity contribution in [2.24, 2.45) is 0 Å². The van der Waals surface area contributed by atoms with Gasteiger partial charge in [-0.05, 0) is 23.3 Å². The summed E-state index contributed by atoms with van der Waals surface area (Å²) in [7, 11) is 0. The smallest absolute Gasteiger partial charge is 0.155 e. The number of pyridine rings is 2. The summed E-state index contributed by atoms with van der Waals surface area (Å²) in [6.45, 7) is 3.82. The van der Waals surface area contributed by atoms with Crippen molar-refractivity contribution < 1.29 is 4.79 Å². The average Bonchev–Trinajstić information content (AvgIpc) is 3.47. The molecule has 0 saturated heterocycles. The molecule has 0 radical (unpaired) electrons. The number of ketones is 1. The summed E-state index contributed by atoms with van der Waals surface area (Å²) >= 11 is 0. The normalized spacial score (nSPS) is 13.2. The van der Waals surface area contributed by atoms with Gasteiger partial charge in [0.05, 0.1) is 0 Å². The number of imidazole rings is 2. The molecule has 0 amide bonds. The standard InChI is InChI=1S/C21H20N6O/c1-13(15-3-5-17(26-11-15)20-22-7-8-23-20)19(28)14(2)16-4-6-18(27-12-16)21-24-9-10-25-21/h3-14H,1-2H3,(H,22,23)(H,24,25). The van der Waals surface area contributed by atoms with Crippen molar-refractivity contribution in [1.29, 1.82) is 0 Å². The molecule has 0 bridgehead atoms. The van der Waals surface area contributed by atoms with Crippen LogP contribution in [0, 0.1) is 0 Å². The summed E-state index contributed by atoms with van der Waals surface area (Å²) in [5.41, 5.74) is 3.26. The minimum absolute atomic E-state index is 0.125. The van der Waals surface area contributed by atoms with E-state index in [1.165, 1.54) is 0 Å². The highest BCUT2D eigenvalue weighted by atomic mass is 16.1. The third-order valence-electron chi connectivity index (χ3n) is 4.91. The zero-order valence-electron chi connectivity index (χ0n) is 15.6. The van der Waals surface area contributed by atoms with Crippen LogP contribution in [0.15, 0.2) is 61.4 Å². The molecule has 4 heterocycles. The van der Waals surface area contributed by atoms with E-state index in [2.05, 4.69) is 29.9 Å². The Labute approximate surface area is 162 Å². The number of carbonyl (C=O) groups is 1. The van der Waals surface area contributed by atoms with Gasteiger partial charge >= 0.3 is 0 Å². The molecular formula is C21H20N6O. The van der Waals surface area contributed by atoms with E-state index < -0.39 is 0 Å². The van der Waals surface area contributed by atoms with Crippen LogP contribution in [-0.4, -0.2) is 35.7 Å². The fraction of sp³-hybridized carbons (Fsp3) is 0.190. The topological polar surface area (TPSA) is 100 Å². The summed E-state index contributed by atoms with van der Waals surface area (Å²) in [4.78, 5) is 36.3. The van der Waals surface area contributed by atoms with Gasteiger partial charge in [-0.15, -0.1) is 0 Å². The van der Waals surface area contributed by atoms with Crippen LogP contribution in [0.3, 0.4) is 0 Å². The van der Waals surface area contributed by atoms with E-state index in [0.29, 0.717) is 11.6 Å². The Bertz CT molecular complexity index is 952. The molecule has 4 aromatic heterocycles. The highest BCUT2D eigenvalue weighted by Crippen LogP contribution is 2.27. The Kier molecular flexibility index (Phi) is 4.80. The van der Waals surface area contributed by atoms with Crippen LogP contribution < -0.4 is 0 Å². The molecule has 4 aromatic rings. The third-order valence-corrected chi connectivity index (χ3v) is 4.91. The zero-order valence-corrected chi connectivity index (χ0v) is 15.6. The maximum absolute atomic E-state index is 13.0. The van der Waals surface area contributed by atoms with Crippen LogP contribution in [0.4, 0.5) is 0 Å². The Hall–Kier alpha value is -3.61. The predicted octanol–water partition coefficient (Wildman–Crippen LogP) is 3.73. The van der Waals surface area contributed by atoms with Gasteiger partial charge in [-0.3, -0.25) is 14.8 Å². The van der Waals surface area contributed by atoms with E-state index in [9.17, 15) is 4.79 Å². The lowest BCUT2D eigenvalue weighted by atomic mass is 9.87. The molecule has 2 unspecified atom stereocenters. The molecule has 7 nitrogen and oxygen atoms in total. The molecule has 140 valence electrons. The molecule has 0 aliphatic rings. The summed E-state index contributed by atoms with van der Waals surface area (Å²) in [5.74, 6) is 1.01. The Balaban J connectivity index is 1.48. The van der Waals surface area contributed by atoms with Crippen molar-refractivity contribution in [2.45, 2.75) is 25.7 Å². The maximum Gasteiger partial charge on any atom is 0.155 e. The summed E-state index contributed by atoms with van der Waals surface area (Å²) < 4.78 is 0. The van der Waals surface area contributed by atoms with E-state index >= 15 is 0 Å². The maximum atomic E-state index is 13.0. The van der Waals surface area contributed by atoms with E-state index in [1.54, 1.807) is 37.2 Å². The molecular weight excluding hydrogens is 352 g/mol. The molecule has 28 heavy (non-hydrogen) atoms. The monoisotopic (exact) mass is 372 g/mol. The van der Waals surface area contributed by atoms with Gasteiger partial charge in [-0.1, -0.05) is 26.0 Å². The number of Topliss-reactive ketones (excluding diaryl/α,β-unsaturated/α-hetero) is 1. The van der Waals surface area contributed by atoms with Gasteiger partial charge < -0.3 is 9.97 Å². The van der Waals surface area contributed by atoms with E-state index in [0.717, 1.165) is 22.5 Å². The van der Waals surface area contributed by atoms with Gasteiger partial charge in [-0.2, -0.15) is 0 Å². The van der Waals surface area contributed by atoms with Gasteiger partial charge in [0.15, 0.2) is 11.6 Å². The second-order valence-corrected chi connectivity index (χ2v) is 6.67. The van der Waals surface area contributed by atoms with Crippen molar-refractivity contribution in [3.63, 3.8) is 0 Å². The van der Waals surface area contributed by atoms with E-state index in [1.807, 2.05) is 38.1 Å². The molecule has 0 fully saturated rings. The number of H-pyrrole nitrogens is 2. The van der Waals surface area contributed by atoms with Crippen LogP contribution >= 0.6 is 0 Å². The first-order valence-corrected chi connectivity index (χ1v) is 9.08. The number of nitrogens with zero attached hydrogens (tertiary/aromatic N) is 4. The number of carbonyl (C=O) groups excluding carboxylic acids is 1. The van der Waals surface area contributed by atoms with Crippen LogP contribution in [0.25, 0.3) is 23.0 Å². The first-order valence-electron chi connectivity index (χ1n) is 9.08. The molecule has 0 aromatic carbocycles. The van der Waals surface area contributed by atoms with Gasteiger partial charge in [0, 0.05) is 49.0 Å². The molecule has 2 N–H and O–H groups in total. The molecule has 0 aliphatic heterocycles. The van der Waals surface area contributed by atoms with Crippen LogP contribution in [0.2, 0.25) is 0 Å². The minimum atomic E-state index is -0.266. The zero-order chi connectivity index (χ0) is 19.5. The molecule has 4 rings (SSSR count). The van der Waals surface area contributed by atoms with Crippen LogP contribution in [0.5, 0.6) is 0 Å². The van der Waals surface area contributed by atoms with Gasteiger partial charge in [0.2, 0.25) is 0 Å². The van der Waals surface area contributed by atoms with Crippen molar-refractivity contribution in [3.8, 4) is 23.0 Å². The Morgan fingerprint density at radius 1 is 0.750 bits per heavy atom. The predicted molar refractivity (Wildman–Crippen MR) is 105 cm³/mol. The number of hydrogen-bond acceptors (Lipinski definition) is 5. The SMILES string of the molecule is CC(C(=O)C(C)c1ccc(-c2ncc[nH]2)nc1)c1ccc(-c2ncc[nH]2)nc1. The van der Waals surface area contributed by atoms with Crippen molar-refractivity contribution >= 4 is 5.78 Å². The fourth-order valence-corrected chi connectivity index (χ4v) is 3.12. The minimum Gasteiger partial charge on any atom is -0.343 e. The van der Waals surface area contributed by atoms with E-state index in [-0.39, 0.29) is 17.6 Å². The lowest BCUT2D eigenvalue weighted by Gasteiger charge is -2.17.